The number of aromatic nitrogens is 2. The Balaban J connectivity index is 1.67. The standard InChI is InChI=1S/C20H31N3O2/c1-14-21-10-15(11-22-14)12-23-13-20(5)8-6-7-16(9-17(20)23)18(24)25-19(2,3)4/h10-11,16-17H,6-9,12-13H2,1-5H3/t16?,17?,20-/m1/s1. The van der Waals surface area contributed by atoms with Gasteiger partial charge in [0.05, 0.1) is 5.92 Å². The van der Waals surface area contributed by atoms with Crippen LogP contribution in [0.15, 0.2) is 12.4 Å². The molecule has 25 heavy (non-hydrogen) atoms. The van der Waals surface area contributed by atoms with Crippen molar-refractivity contribution in [3.63, 3.8) is 0 Å². The first-order chi connectivity index (χ1) is 11.7. The summed E-state index contributed by atoms with van der Waals surface area (Å²) in [5.41, 5.74) is 1.05. The summed E-state index contributed by atoms with van der Waals surface area (Å²) in [7, 11) is 0. The molecule has 5 heteroatoms. The van der Waals surface area contributed by atoms with Gasteiger partial charge in [-0.1, -0.05) is 13.3 Å². The SMILES string of the molecule is Cc1ncc(CN2C[C@@]3(C)CCCC(C(=O)OC(C)(C)C)CC23)cn1. The second-order valence-electron chi connectivity index (χ2n) is 9.07. The molecule has 1 saturated carbocycles. The van der Waals surface area contributed by atoms with E-state index in [4.69, 9.17) is 4.74 Å². The van der Waals surface area contributed by atoms with E-state index in [2.05, 4.69) is 21.8 Å². The third kappa shape index (κ3) is 4.20. The summed E-state index contributed by atoms with van der Waals surface area (Å²) in [6, 6.07) is 0.439. The Hall–Kier alpha value is -1.49. The number of carbonyl (C=O) groups is 1. The maximum absolute atomic E-state index is 12.6. The normalized spacial score (nSPS) is 30.1. The first-order valence-corrected chi connectivity index (χ1v) is 9.41. The third-order valence-corrected chi connectivity index (χ3v) is 5.58. The molecule has 138 valence electrons. The summed E-state index contributed by atoms with van der Waals surface area (Å²) < 4.78 is 5.66. The van der Waals surface area contributed by atoms with Gasteiger partial charge in [-0.05, 0) is 52.4 Å². The first-order valence-electron chi connectivity index (χ1n) is 9.41. The third-order valence-electron chi connectivity index (χ3n) is 5.58. The van der Waals surface area contributed by atoms with E-state index in [1.165, 1.54) is 6.42 Å². The monoisotopic (exact) mass is 345 g/mol. The Kier molecular flexibility index (Phi) is 4.89. The lowest BCUT2D eigenvalue weighted by molar-refractivity contribution is -0.162. The highest BCUT2D eigenvalue weighted by Crippen LogP contribution is 2.48. The van der Waals surface area contributed by atoms with E-state index in [0.29, 0.717) is 11.5 Å². The van der Waals surface area contributed by atoms with Crippen molar-refractivity contribution in [2.24, 2.45) is 11.3 Å². The molecule has 3 rings (SSSR count). The van der Waals surface area contributed by atoms with Gasteiger partial charge in [0.15, 0.2) is 0 Å². The molecule has 0 radical (unpaired) electrons. The zero-order chi connectivity index (χ0) is 18.2. The second kappa shape index (κ2) is 6.67. The van der Waals surface area contributed by atoms with Gasteiger partial charge in [-0.2, -0.15) is 0 Å². The molecule has 1 aromatic heterocycles. The van der Waals surface area contributed by atoms with Crippen LogP contribution in [0.3, 0.4) is 0 Å². The number of nitrogens with zero attached hydrogens (tertiary/aromatic N) is 3. The summed E-state index contributed by atoms with van der Waals surface area (Å²) in [6.07, 6.45) is 7.98. The quantitative estimate of drug-likeness (QED) is 0.785. The van der Waals surface area contributed by atoms with Crippen molar-refractivity contribution in [1.82, 2.24) is 14.9 Å². The summed E-state index contributed by atoms with van der Waals surface area (Å²) in [4.78, 5) is 23.7. The van der Waals surface area contributed by atoms with Crippen LogP contribution in [-0.2, 0) is 16.1 Å². The Bertz CT molecular complexity index is 623. The van der Waals surface area contributed by atoms with Crippen molar-refractivity contribution in [3.05, 3.63) is 23.8 Å². The minimum absolute atomic E-state index is 0.0168. The lowest BCUT2D eigenvalue weighted by Gasteiger charge is -2.56. The first kappa shape index (κ1) is 18.3. The van der Waals surface area contributed by atoms with Crippen molar-refractivity contribution in [2.75, 3.05) is 6.54 Å². The number of esters is 1. The molecular weight excluding hydrogens is 314 g/mol. The smallest absolute Gasteiger partial charge is 0.309 e. The Morgan fingerprint density at radius 3 is 2.68 bits per heavy atom. The van der Waals surface area contributed by atoms with E-state index >= 15 is 0 Å². The largest absolute Gasteiger partial charge is 0.460 e. The molecule has 3 atom stereocenters. The van der Waals surface area contributed by atoms with Crippen molar-refractivity contribution >= 4 is 5.97 Å². The molecule has 2 unspecified atom stereocenters. The van der Waals surface area contributed by atoms with Crippen LogP contribution in [0.2, 0.25) is 0 Å². The van der Waals surface area contributed by atoms with Gasteiger partial charge in [0, 0.05) is 37.1 Å². The zero-order valence-corrected chi connectivity index (χ0v) is 16.2. The number of ether oxygens (including phenoxy) is 1. The summed E-state index contributed by atoms with van der Waals surface area (Å²) in [6.45, 7) is 12.1. The molecule has 1 aliphatic carbocycles. The number of hydrogen-bond donors (Lipinski definition) is 0. The number of rotatable bonds is 3. The fraction of sp³-hybridized carbons (Fsp3) is 0.750. The molecule has 0 aromatic carbocycles. The van der Waals surface area contributed by atoms with Gasteiger partial charge in [-0.15, -0.1) is 0 Å². The summed E-state index contributed by atoms with van der Waals surface area (Å²) in [5, 5.41) is 0. The van der Waals surface area contributed by atoms with E-state index in [1.54, 1.807) is 0 Å². The minimum atomic E-state index is -0.411. The van der Waals surface area contributed by atoms with Crippen LogP contribution < -0.4 is 0 Å². The van der Waals surface area contributed by atoms with E-state index < -0.39 is 5.60 Å². The fourth-order valence-corrected chi connectivity index (χ4v) is 4.33. The molecule has 0 bridgehead atoms. The molecule has 1 aliphatic heterocycles. The van der Waals surface area contributed by atoms with E-state index in [9.17, 15) is 4.79 Å². The Labute approximate surface area is 151 Å². The Morgan fingerprint density at radius 1 is 1.36 bits per heavy atom. The van der Waals surface area contributed by atoms with Gasteiger partial charge in [0.1, 0.15) is 11.4 Å². The van der Waals surface area contributed by atoms with Crippen LogP contribution in [0.5, 0.6) is 0 Å². The number of aryl methyl sites for hydroxylation is 1. The van der Waals surface area contributed by atoms with E-state index in [0.717, 1.165) is 43.7 Å². The summed E-state index contributed by atoms with van der Waals surface area (Å²) in [5.74, 6) is 0.794. The molecule has 1 aromatic rings. The molecular formula is C20H31N3O2. The van der Waals surface area contributed by atoms with Crippen molar-refractivity contribution in [2.45, 2.75) is 78.5 Å². The van der Waals surface area contributed by atoms with Crippen LogP contribution >= 0.6 is 0 Å². The zero-order valence-electron chi connectivity index (χ0n) is 16.2. The number of fused-ring (bicyclic) bond motifs is 1. The summed E-state index contributed by atoms with van der Waals surface area (Å²) >= 11 is 0. The van der Waals surface area contributed by atoms with Gasteiger partial charge in [0.2, 0.25) is 0 Å². The van der Waals surface area contributed by atoms with Crippen molar-refractivity contribution in [1.29, 1.82) is 0 Å². The van der Waals surface area contributed by atoms with E-state index in [-0.39, 0.29) is 11.9 Å². The van der Waals surface area contributed by atoms with Gasteiger partial charge >= 0.3 is 5.97 Å². The molecule has 5 nitrogen and oxygen atoms in total. The van der Waals surface area contributed by atoms with Crippen LogP contribution in [-0.4, -0.2) is 39.0 Å². The van der Waals surface area contributed by atoms with Crippen molar-refractivity contribution in [3.8, 4) is 0 Å². The number of hydrogen-bond acceptors (Lipinski definition) is 5. The topological polar surface area (TPSA) is 55.3 Å². The highest BCUT2D eigenvalue weighted by atomic mass is 16.6. The van der Waals surface area contributed by atoms with Gasteiger partial charge in [0.25, 0.3) is 0 Å². The Morgan fingerprint density at radius 2 is 2.04 bits per heavy atom. The predicted octanol–water partition coefficient (Wildman–Crippen LogP) is 3.51. The highest BCUT2D eigenvalue weighted by molar-refractivity contribution is 5.73. The second-order valence-corrected chi connectivity index (χ2v) is 9.07. The maximum atomic E-state index is 12.6. The lowest BCUT2D eigenvalue weighted by atomic mass is 9.69. The maximum Gasteiger partial charge on any atom is 0.309 e. The molecule has 2 heterocycles. The molecule has 0 N–H and O–H groups in total. The minimum Gasteiger partial charge on any atom is -0.460 e. The molecule has 1 saturated heterocycles. The lowest BCUT2D eigenvalue weighted by Crippen LogP contribution is -2.62. The predicted molar refractivity (Wildman–Crippen MR) is 96.9 cm³/mol. The molecule has 2 fully saturated rings. The average molecular weight is 345 g/mol. The average Bonchev–Trinajstić information content (AvgIpc) is 2.62. The van der Waals surface area contributed by atoms with Gasteiger partial charge in [-0.3, -0.25) is 9.69 Å². The van der Waals surface area contributed by atoms with E-state index in [1.807, 2.05) is 40.1 Å². The number of carbonyl (C=O) groups excluding carboxylic acids is 1. The number of likely N-dealkylation sites (tertiary alicyclic amines) is 1. The van der Waals surface area contributed by atoms with Crippen molar-refractivity contribution < 1.29 is 9.53 Å². The van der Waals surface area contributed by atoms with Crippen LogP contribution in [0, 0.1) is 18.3 Å². The van der Waals surface area contributed by atoms with Crippen LogP contribution in [0.4, 0.5) is 0 Å². The molecule has 0 amide bonds. The van der Waals surface area contributed by atoms with Gasteiger partial charge < -0.3 is 4.74 Å². The molecule has 0 spiro atoms. The highest BCUT2D eigenvalue weighted by Gasteiger charge is 2.51. The fourth-order valence-electron chi connectivity index (χ4n) is 4.33. The van der Waals surface area contributed by atoms with Crippen LogP contribution in [0.25, 0.3) is 0 Å². The van der Waals surface area contributed by atoms with Gasteiger partial charge in [-0.25, -0.2) is 9.97 Å². The van der Waals surface area contributed by atoms with Crippen LogP contribution in [0.1, 0.15) is 64.8 Å². The molecule has 2 aliphatic rings.